The third kappa shape index (κ3) is 3.43. The van der Waals surface area contributed by atoms with Crippen molar-refractivity contribution in [2.75, 3.05) is 6.54 Å². The first-order chi connectivity index (χ1) is 12.2. The molecule has 0 spiro atoms. The first-order valence-corrected chi connectivity index (χ1v) is 8.95. The molecule has 1 aliphatic heterocycles. The lowest BCUT2D eigenvalue weighted by molar-refractivity contribution is 0.382. The second kappa shape index (κ2) is 6.94. The summed E-state index contributed by atoms with van der Waals surface area (Å²) in [6.45, 7) is 3.16. The Kier molecular flexibility index (Phi) is 4.51. The van der Waals surface area contributed by atoms with Gasteiger partial charge in [-0.1, -0.05) is 11.6 Å². The van der Waals surface area contributed by atoms with Gasteiger partial charge in [-0.2, -0.15) is 0 Å². The highest BCUT2D eigenvalue weighted by Crippen LogP contribution is 2.33. The van der Waals surface area contributed by atoms with Crippen LogP contribution < -0.4 is 5.32 Å². The van der Waals surface area contributed by atoms with Gasteiger partial charge in [0.2, 0.25) is 0 Å². The largest absolute Gasteiger partial charge is 0.341 e. The van der Waals surface area contributed by atoms with Crippen LogP contribution in [0.2, 0.25) is 5.02 Å². The smallest absolute Gasteiger partial charge is 0.180 e. The van der Waals surface area contributed by atoms with Gasteiger partial charge >= 0.3 is 0 Å². The van der Waals surface area contributed by atoms with E-state index < -0.39 is 0 Å². The number of aromatic amines is 1. The fraction of sp³-hybridized carbons (Fsp3) is 0.316. The summed E-state index contributed by atoms with van der Waals surface area (Å²) in [4.78, 5) is 17.2. The Morgan fingerprint density at radius 1 is 1.08 bits per heavy atom. The molecule has 3 aromatic rings. The van der Waals surface area contributed by atoms with Gasteiger partial charge in [-0.3, -0.25) is 0 Å². The van der Waals surface area contributed by atoms with Crippen molar-refractivity contribution in [3.8, 4) is 22.9 Å². The zero-order valence-electron chi connectivity index (χ0n) is 14.0. The molecule has 1 saturated heterocycles. The van der Waals surface area contributed by atoms with Gasteiger partial charge in [-0.05, 0) is 50.1 Å². The van der Waals surface area contributed by atoms with E-state index in [1.165, 1.54) is 0 Å². The Labute approximate surface area is 151 Å². The number of rotatable bonds is 3. The Hall–Kier alpha value is -2.24. The lowest BCUT2D eigenvalue weighted by Gasteiger charge is -2.27. The number of nitrogens with zero attached hydrogens (tertiary/aromatic N) is 3. The Bertz CT molecular complexity index is 836. The maximum atomic E-state index is 6.01. The van der Waals surface area contributed by atoms with Gasteiger partial charge in [0, 0.05) is 41.5 Å². The predicted octanol–water partition coefficient (Wildman–Crippen LogP) is 4.04. The fourth-order valence-electron chi connectivity index (χ4n) is 3.26. The summed E-state index contributed by atoms with van der Waals surface area (Å²) in [5.41, 5.74) is 2.95. The molecule has 1 aromatic carbocycles. The lowest BCUT2D eigenvalue weighted by Crippen LogP contribution is -2.36. The van der Waals surface area contributed by atoms with Crippen molar-refractivity contribution >= 4 is 11.6 Å². The zero-order valence-corrected chi connectivity index (χ0v) is 14.8. The number of hydrogen-bond donors (Lipinski definition) is 2. The molecule has 1 fully saturated rings. The Balaban J connectivity index is 1.76. The van der Waals surface area contributed by atoms with Crippen LogP contribution in [0, 0.1) is 0 Å². The molecular weight excluding hydrogens is 334 g/mol. The monoisotopic (exact) mass is 353 g/mol. The van der Waals surface area contributed by atoms with Crippen LogP contribution >= 0.6 is 11.6 Å². The van der Waals surface area contributed by atoms with E-state index in [4.69, 9.17) is 16.6 Å². The first kappa shape index (κ1) is 16.2. The van der Waals surface area contributed by atoms with Crippen molar-refractivity contribution in [2.45, 2.75) is 31.7 Å². The number of aromatic nitrogens is 4. The molecule has 128 valence electrons. The molecular formula is C19H20ClN5. The molecule has 0 bridgehead atoms. The summed E-state index contributed by atoms with van der Waals surface area (Å²) in [7, 11) is 0. The van der Waals surface area contributed by atoms with E-state index in [2.05, 4.69) is 27.2 Å². The van der Waals surface area contributed by atoms with E-state index in [0.29, 0.717) is 22.8 Å². The standard InChI is InChI=1S/C19H20ClN5/c1-12-3-4-14(11-23-12)16-17(19-21-9-2-10-22-19)25-18(24-16)13-5-7-15(20)8-6-13/h2,5-10,12,14,23H,3-4,11H2,1H3,(H,24,25)/t12-,14-/m1/s1. The fourth-order valence-corrected chi connectivity index (χ4v) is 3.39. The summed E-state index contributed by atoms with van der Waals surface area (Å²) in [6, 6.07) is 10.1. The van der Waals surface area contributed by atoms with E-state index in [-0.39, 0.29) is 0 Å². The topological polar surface area (TPSA) is 66.5 Å². The van der Waals surface area contributed by atoms with Crippen LogP contribution in [-0.4, -0.2) is 32.5 Å². The van der Waals surface area contributed by atoms with Crippen LogP contribution in [0.1, 0.15) is 31.4 Å². The van der Waals surface area contributed by atoms with Crippen molar-refractivity contribution in [2.24, 2.45) is 0 Å². The number of piperidine rings is 1. The van der Waals surface area contributed by atoms with E-state index >= 15 is 0 Å². The van der Waals surface area contributed by atoms with Gasteiger partial charge in [0.25, 0.3) is 0 Å². The van der Waals surface area contributed by atoms with Gasteiger partial charge < -0.3 is 10.3 Å². The molecule has 0 radical (unpaired) electrons. The number of hydrogen-bond acceptors (Lipinski definition) is 4. The predicted molar refractivity (Wildman–Crippen MR) is 99.5 cm³/mol. The van der Waals surface area contributed by atoms with E-state index in [9.17, 15) is 0 Å². The first-order valence-electron chi connectivity index (χ1n) is 8.57. The SMILES string of the molecule is C[C@@H]1CC[C@@H](c2[nH]c(-c3ccc(Cl)cc3)nc2-c2ncccn2)CN1. The van der Waals surface area contributed by atoms with Gasteiger partial charge in [-0.15, -0.1) is 0 Å². The molecule has 0 amide bonds. The van der Waals surface area contributed by atoms with Crippen LogP contribution in [0.15, 0.2) is 42.7 Å². The molecule has 1 aliphatic rings. The minimum atomic E-state index is 0.378. The van der Waals surface area contributed by atoms with Crippen molar-refractivity contribution in [1.82, 2.24) is 25.3 Å². The molecule has 0 unspecified atom stereocenters. The highest BCUT2D eigenvalue weighted by atomic mass is 35.5. The molecule has 4 rings (SSSR count). The van der Waals surface area contributed by atoms with Crippen LogP contribution in [-0.2, 0) is 0 Å². The second-order valence-electron chi connectivity index (χ2n) is 6.51. The van der Waals surface area contributed by atoms with Gasteiger partial charge in [0.15, 0.2) is 5.82 Å². The van der Waals surface area contributed by atoms with E-state index in [1.807, 2.05) is 30.3 Å². The number of H-pyrrole nitrogens is 1. The molecule has 3 heterocycles. The van der Waals surface area contributed by atoms with Crippen LogP contribution in [0.5, 0.6) is 0 Å². The van der Waals surface area contributed by atoms with Crippen molar-refractivity contribution < 1.29 is 0 Å². The van der Waals surface area contributed by atoms with Gasteiger partial charge in [-0.25, -0.2) is 15.0 Å². The molecule has 0 saturated carbocycles. The second-order valence-corrected chi connectivity index (χ2v) is 6.95. The molecule has 5 nitrogen and oxygen atoms in total. The van der Waals surface area contributed by atoms with Crippen LogP contribution in [0.25, 0.3) is 22.9 Å². The molecule has 2 N–H and O–H groups in total. The maximum absolute atomic E-state index is 6.01. The third-order valence-corrected chi connectivity index (χ3v) is 4.95. The zero-order chi connectivity index (χ0) is 17.2. The Morgan fingerprint density at radius 2 is 1.84 bits per heavy atom. The number of halogens is 1. The van der Waals surface area contributed by atoms with Crippen LogP contribution in [0.4, 0.5) is 0 Å². The summed E-state index contributed by atoms with van der Waals surface area (Å²) in [5.74, 6) is 1.86. The summed E-state index contributed by atoms with van der Waals surface area (Å²) in [5, 5.41) is 4.28. The average molecular weight is 354 g/mol. The van der Waals surface area contributed by atoms with Gasteiger partial charge in [0.05, 0.1) is 5.69 Å². The number of imidazole rings is 1. The summed E-state index contributed by atoms with van der Waals surface area (Å²) >= 11 is 6.01. The van der Waals surface area contributed by atoms with Gasteiger partial charge in [0.1, 0.15) is 11.5 Å². The van der Waals surface area contributed by atoms with E-state index in [0.717, 1.165) is 42.2 Å². The summed E-state index contributed by atoms with van der Waals surface area (Å²) < 4.78 is 0. The summed E-state index contributed by atoms with van der Waals surface area (Å²) in [6.07, 6.45) is 5.78. The third-order valence-electron chi connectivity index (χ3n) is 4.70. The lowest BCUT2D eigenvalue weighted by atomic mass is 9.91. The maximum Gasteiger partial charge on any atom is 0.180 e. The quantitative estimate of drug-likeness (QED) is 0.745. The minimum absolute atomic E-state index is 0.378. The average Bonchev–Trinajstić information content (AvgIpc) is 3.09. The van der Waals surface area contributed by atoms with Crippen molar-refractivity contribution in [1.29, 1.82) is 0 Å². The van der Waals surface area contributed by atoms with Crippen molar-refractivity contribution in [3.05, 3.63) is 53.4 Å². The Morgan fingerprint density at radius 3 is 2.52 bits per heavy atom. The molecule has 25 heavy (non-hydrogen) atoms. The highest BCUT2D eigenvalue weighted by Gasteiger charge is 2.26. The minimum Gasteiger partial charge on any atom is -0.341 e. The highest BCUT2D eigenvalue weighted by molar-refractivity contribution is 6.30. The molecule has 2 aromatic heterocycles. The number of benzene rings is 1. The normalized spacial score (nSPS) is 20.6. The molecule has 2 atom stereocenters. The van der Waals surface area contributed by atoms with Crippen molar-refractivity contribution in [3.63, 3.8) is 0 Å². The van der Waals surface area contributed by atoms with E-state index in [1.54, 1.807) is 12.4 Å². The van der Waals surface area contributed by atoms with Crippen LogP contribution in [0.3, 0.4) is 0 Å². The molecule has 0 aliphatic carbocycles. The number of nitrogens with one attached hydrogen (secondary N) is 2. The molecule has 6 heteroatoms.